The normalized spacial score (nSPS) is 20.6. The van der Waals surface area contributed by atoms with E-state index in [2.05, 4.69) is 18.8 Å². The van der Waals surface area contributed by atoms with Crippen LogP contribution in [0, 0.1) is 5.41 Å². The highest BCUT2D eigenvalue weighted by molar-refractivity contribution is 7.16. The molecule has 1 saturated heterocycles. The van der Waals surface area contributed by atoms with Gasteiger partial charge >= 0.3 is 0 Å². The third-order valence-electron chi connectivity index (χ3n) is 4.94. The minimum Gasteiger partial charge on any atom is -0.454 e. The SMILES string of the molecule is CC1(C)CN(C(=O)c2cnc(-c3ccc4c(c3)OCO4)s2)CCC1N.Cl. The van der Waals surface area contributed by atoms with E-state index in [1.54, 1.807) is 6.20 Å². The van der Waals surface area contributed by atoms with Crippen LogP contribution in [0.1, 0.15) is 29.9 Å². The maximum Gasteiger partial charge on any atom is 0.265 e. The van der Waals surface area contributed by atoms with Gasteiger partial charge in [-0.1, -0.05) is 13.8 Å². The van der Waals surface area contributed by atoms with Gasteiger partial charge in [0.15, 0.2) is 11.5 Å². The molecule has 1 unspecified atom stereocenters. The van der Waals surface area contributed by atoms with Gasteiger partial charge in [0.25, 0.3) is 5.91 Å². The minimum absolute atomic E-state index is 0. The summed E-state index contributed by atoms with van der Waals surface area (Å²) in [5.41, 5.74) is 7.02. The van der Waals surface area contributed by atoms with E-state index >= 15 is 0 Å². The third-order valence-corrected chi connectivity index (χ3v) is 5.97. The molecule has 8 heteroatoms. The van der Waals surface area contributed by atoms with Crippen molar-refractivity contribution in [1.82, 2.24) is 9.88 Å². The number of ether oxygens (including phenoxy) is 2. The lowest BCUT2D eigenvalue weighted by Gasteiger charge is -2.42. The molecule has 0 aliphatic carbocycles. The van der Waals surface area contributed by atoms with E-state index in [1.165, 1.54) is 11.3 Å². The molecule has 140 valence electrons. The second-order valence-electron chi connectivity index (χ2n) is 7.21. The minimum atomic E-state index is -0.0707. The first-order valence-electron chi connectivity index (χ1n) is 8.35. The van der Waals surface area contributed by atoms with Gasteiger partial charge in [-0.25, -0.2) is 4.98 Å². The summed E-state index contributed by atoms with van der Waals surface area (Å²) in [5.74, 6) is 1.49. The van der Waals surface area contributed by atoms with Gasteiger partial charge in [0.1, 0.15) is 9.88 Å². The summed E-state index contributed by atoms with van der Waals surface area (Å²) in [6, 6.07) is 5.83. The zero-order valence-corrected chi connectivity index (χ0v) is 16.4. The molecule has 1 amide bonds. The number of hydrogen-bond donors (Lipinski definition) is 1. The summed E-state index contributed by atoms with van der Waals surface area (Å²) < 4.78 is 10.7. The molecule has 1 fully saturated rings. The average molecular weight is 396 g/mol. The summed E-state index contributed by atoms with van der Waals surface area (Å²) in [4.78, 5) is 19.8. The van der Waals surface area contributed by atoms with Crippen molar-refractivity contribution in [3.63, 3.8) is 0 Å². The van der Waals surface area contributed by atoms with Gasteiger partial charge in [0.05, 0.1) is 6.20 Å². The molecular formula is C18H22ClN3O3S. The quantitative estimate of drug-likeness (QED) is 0.845. The number of piperidine rings is 1. The van der Waals surface area contributed by atoms with Gasteiger partial charge < -0.3 is 20.1 Å². The Hall–Kier alpha value is -1.83. The molecule has 2 N–H and O–H groups in total. The topological polar surface area (TPSA) is 77.7 Å². The van der Waals surface area contributed by atoms with Crippen LogP contribution in [-0.2, 0) is 0 Å². The Bertz CT molecular complexity index is 824. The van der Waals surface area contributed by atoms with Gasteiger partial charge in [-0.2, -0.15) is 0 Å². The molecule has 6 nitrogen and oxygen atoms in total. The molecule has 1 aromatic heterocycles. The Balaban J connectivity index is 0.00000196. The van der Waals surface area contributed by atoms with Crippen LogP contribution >= 0.6 is 23.7 Å². The number of nitrogens with two attached hydrogens (primary N) is 1. The average Bonchev–Trinajstić information content (AvgIpc) is 3.24. The van der Waals surface area contributed by atoms with Gasteiger partial charge in [0.2, 0.25) is 6.79 Å². The van der Waals surface area contributed by atoms with E-state index < -0.39 is 0 Å². The Labute approximate surface area is 162 Å². The van der Waals surface area contributed by atoms with Crippen LogP contribution in [0.25, 0.3) is 10.6 Å². The molecule has 26 heavy (non-hydrogen) atoms. The van der Waals surface area contributed by atoms with Gasteiger partial charge in [-0.3, -0.25) is 4.79 Å². The molecule has 1 atom stereocenters. The predicted octanol–water partition coefficient (Wildman–Crippen LogP) is 3.16. The number of rotatable bonds is 2. The first-order valence-corrected chi connectivity index (χ1v) is 9.16. The van der Waals surface area contributed by atoms with E-state index in [-0.39, 0.29) is 36.6 Å². The van der Waals surface area contributed by atoms with E-state index in [0.29, 0.717) is 23.7 Å². The van der Waals surface area contributed by atoms with Crippen LogP contribution in [0.3, 0.4) is 0 Å². The predicted molar refractivity (Wildman–Crippen MR) is 103 cm³/mol. The summed E-state index contributed by atoms with van der Waals surface area (Å²) >= 11 is 1.40. The lowest BCUT2D eigenvalue weighted by atomic mass is 9.79. The van der Waals surface area contributed by atoms with Crippen LogP contribution in [0.5, 0.6) is 11.5 Å². The number of nitrogens with zero attached hydrogens (tertiary/aromatic N) is 2. The number of carbonyl (C=O) groups excluding carboxylic acids is 1. The highest BCUT2D eigenvalue weighted by Gasteiger charge is 2.36. The van der Waals surface area contributed by atoms with Gasteiger partial charge in [-0.15, -0.1) is 23.7 Å². The highest BCUT2D eigenvalue weighted by atomic mass is 35.5. The van der Waals surface area contributed by atoms with Crippen molar-refractivity contribution in [2.75, 3.05) is 19.9 Å². The van der Waals surface area contributed by atoms with Crippen molar-refractivity contribution < 1.29 is 14.3 Å². The highest BCUT2D eigenvalue weighted by Crippen LogP contribution is 2.37. The maximum absolute atomic E-state index is 12.8. The molecule has 0 spiro atoms. The van der Waals surface area contributed by atoms with E-state index in [1.807, 2.05) is 23.1 Å². The number of benzene rings is 1. The first-order chi connectivity index (χ1) is 11.9. The van der Waals surface area contributed by atoms with E-state index in [4.69, 9.17) is 15.2 Å². The Kier molecular flexibility index (Phi) is 5.14. The molecule has 4 rings (SSSR count). The Morgan fingerprint density at radius 1 is 1.35 bits per heavy atom. The number of aromatic nitrogens is 1. The van der Waals surface area contributed by atoms with Crippen LogP contribution in [-0.4, -0.2) is 41.7 Å². The van der Waals surface area contributed by atoms with Crippen molar-refractivity contribution >= 4 is 29.7 Å². The molecular weight excluding hydrogens is 374 g/mol. The summed E-state index contributed by atoms with van der Waals surface area (Å²) in [6.45, 7) is 5.84. The van der Waals surface area contributed by atoms with Crippen molar-refractivity contribution in [3.8, 4) is 22.1 Å². The lowest BCUT2D eigenvalue weighted by molar-refractivity contribution is 0.0537. The molecule has 0 bridgehead atoms. The smallest absolute Gasteiger partial charge is 0.265 e. The molecule has 2 aliphatic heterocycles. The number of thiazole rings is 1. The Morgan fingerprint density at radius 2 is 2.12 bits per heavy atom. The molecule has 3 heterocycles. The van der Waals surface area contributed by atoms with Crippen molar-refractivity contribution in [2.24, 2.45) is 11.1 Å². The van der Waals surface area contributed by atoms with Crippen LogP contribution in [0.15, 0.2) is 24.4 Å². The van der Waals surface area contributed by atoms with Crippen LogP contribution < -0.4 is 15.2 Å². The lowest BCUT2D eigenvalue weighted by Crippen LogP contribution is -2.53. The van der Waals surface area contributed by atoms with E-state index in [0.717, 1.165) is 22.7 Å². The van der Waals surface area contributed by atoms with Crippen LogP contribution in [0.4, 0.5) is 0 Å². The Morgan fingerprint density at radius 3 is 2.88 bits per heavy atom. The number of halogens is 1. The molecule has 2 aromatic rings. The fourth-order valence-electron chi connectivity index (χ4n) is 3.24. The molecule has 2 aliphatic rings. The fourth-order valence-corrected chi connectivity index (χ4v) is 4.12. The second kappa shape index (κ2) is 7.06. The molecule has 1 aromatic carbocycles. The van der Waals surface area contributed by atoms with E-state index in [9.17, 15) is 4.79 Å². The second-order valence-corrected chi connectivity index (χ2v) is 8.24. The number of likely N-dealkylation sites (tertiary alicyclic amines) is 1. The first kappa shape index (κ1) is 18.9. The number of fused-ring (bicyclic) bond motifs is 1. The molecule has 0 radical (unpaired) electrons. The van der Waals surface area contributed by atoms with Crippen molar-refractivity contribution in [3.05, 3.63) is 29.3 Å². The summed E-state index contributed by atoms with van der Waals surface area (Å²) in [7, 11) is 0. The largest absolute Gasteiger partial charge is 0.454 e. The van der Waals surface area contributed by atoms with Crippen molar-refractivity contribution in [1.29, 1.82) is 0 Å². The zero-order valence-electron chi connectivity index (χ0n) is 14.7. The van der Waals surface area contributed by atoms with Gasteiger partial charge in [-0.05, 0) is 30.0 Å². The van der Waals surface area contributed by atoms with Gasteiger partial charge in [0, 0.05) is 24.7 Å². The maximum atomic E-state index is 12.8. The number of carbonyl (C=O) groups is 1. The third kappa shape index (κ3) is 3.39. The zero-order chi connectivity index (χ0) is 17.6. The monoisotopic (exact) mass is 395 g/mol. The molecule has 0 saturated carbocycles. The summed E-state index contributed by atoms with van der Waals surface area (Å²) in [5, 5.41) is 0.801. The summed E-state index contributed by atoms with van der Waals surface area (Å²) in [6.07, 6.45) is 2.49. The fraction of sp³-hybridized carbons (Fsp3) is 0.444. The van der Waals surface area contributed by atoms with Crippen LogP contribution in [0.2, 0.25) is 0 Å². The standard InChI is InChI=1S/C18H21N3O3S.ClH/c1-18(2)9-21(6-5-15(18)19)17(22)14-8-20-16(25-14)11-3-4-12-13(7-11)24-10-23-12;/h3-4,7-8,15H,5-6,9-10,19H2,1-2H3;1H. The number of amides is 1. The number of hydrogen-bond acceptors (Lipinski definition) is 6. The van der Waals surface area contributed by atoms with Crippen molar-refractivity contribution in [2.45, 2.75) is 26.3 Å².